The Kier molecular flexibility index (Phi) is 22.5. The Labute approximate surface area is 179 Å². The Morgan fingerprint density at radius 1 is 0.586 bits per heavy atom. The Balaban J connectivity index is 3.10. The van der Waals surface area contributed by atoms with Crippen LogP contribution in [0, 0.1) is 10.1 Å². The summed E-state index contributed by atoms with van der Waals surface area (Å²) in [7, 11) is 0. The number of carbonyl (C=O) groups excluding carboxylic acids is 1. The van der Waals surface area contributed by atoms with Crippen LogP contribution in [-0.2, 0) is 4.79 Å². The average molecular weight is 414 g/mol. The number of rotatable bonds is 24. The summed E-state index contributed by atoms with van der Waals surface area (Å²) in [6.07, 6.45) is 26.1. The van der Waals surface area contributed by atoms with Gasteiger partial charge in [0.2, 0.25) is 0 Å². The number of nitrogens with zero attached hydrogens (tertiary/aromatic N) is 1. The first-order valence-corrected chi connectivity index (χ1v) is 12.4. The zero-order valence-corrected chi connectivity index (χ0v) is 18.8. The van der Waals surface area contributed by atoms with Crippen molar-refractivity contribution in [3.05, 3.63) is 10.1 Å². The minimum atomic E-state index is -0.997. The molecule has 1 unspecified atom stereocenters. The third-order valence-electron chi connectivity index (χ3n) is 5.84. The predicted octanol–water partition coefficient (Wildman–Crippen LogP) is 7.02. The van der Waals surface area contributed by atoms with E-state index in [4.69, 9.17) is 5.11 Å². The molecule has 172 valence electrons. The molecule has 5 nitrogen and oxygen atoms in total. The number of hydrogen-bond donors (Lipinski definition) is 1. The third kappa shape index (κ3) is 21.6. The second kappa shape index (κ2) is 23.3. The molecule has 1 atom stereocenters. The first-order chi connectivity index (χ1) is 14.2. The molecule has 0 aliphatic rings. The molecule has 0 saturated heterocycles. The molecular formula is C24H47NO4. The van der Waals surface area contributed by atoms with Crippen LogP contribution in [0.1, 0.15) is 135 Å². The molecule has 0 amide bonds. The van der Waals surface area contributed by atoms with E-state index < -0.39 is 11.0 Å². The molecule has 0 heterocycles. The Hall–Kier alpha value is -0.970. The van der Waals surface area contributed by atoms with Gasteiger partial charge in [-0.2, -0.15) is 0 Å². The van der Waals surface area contributed by atoms with Crippen molar-refractivity contribution in [2.45, 2.75) is 141 Å². The van der Waals surface area contributed by atoms with Gasteiger partial charge in [-0.3, -0.25) is 14.9 Å². The maximum atomic E-state index is 10.5. The lowest BCUT2D eigenvalue weighted by atomic mass is 10.0. The summed E-state index contributed by atoms with van der Waals surface area (Å²) in [6.45, 7) is 0.347. The van der Waals surface area contributed by atoms with Gasteiger partial charge in [-0.25, -0.2) is 0 Å². The quantitative estimate of drug-likeness (QED) is 0.0798. The largest absolute Gasteiger partial charge is 0.396 e. The Bertz CT molecular complexity index is 363. The molecule has 0 aromatic rings. The molecule has 0 aliphatic heterocycles. The van der Waals surface area contributed by atoms with Crippen molar-refractivity contribution in [1.29, 1.82) is 0 Å². The molecule has 0 spiro atoms. The van der Waals surface area contributed by atoms with Gasteiger partial charge in [0.1, 0.15) is 0 Å². The van der Waals surface area contributed by atoms with Crippen molar-refractivity contribution in [3.63, 3.8) is 0 Å². The van der Waals surface area contributed by atoms with Crippen LogP contribution in [0.2, 0.25) is 0 Å². The molecule has 0 fully saturated rings. The molecule has 0 rings (SSSR count). The lowest BCUT2D eigenvalue weighted by Crippen LogP contribution is -2.20. The highest BCUT2D eigenvalue weighted by atomic mass is 16.6. The summed E-state index contributed by atoms with van der Waals surface area (Å²) in [5.41, 5.74) is 0. The maximum Gasteiger partial charge on any atom is 0.267 e. The monoisotopic (exact) mass is 413 g/mol. The van der Waals surface area contributed by atoms with E-state index in [-0.39, 0.29) is 0 Å². The van der Waals surface area contributed by atoms with Gasteiger partial charge in [0.05, 0.1) is 0 Å². The average Bonchev–Trinajstić information content (AvgIpc) is 2.71. The number of carbonyl (C=O) groups is 1. The molecule has 29 heavy (non-hydrogen) atoms. The maximum absolute atomic E-state index is 10.5. The molecule has 1 N–H and O–H groups in total. The normalized spacial score (nSPS) is 12.2. The van der Waals surface area contributed by atoms with Crippen LogP contribution in [0.5, 0.6) is 0 Å². The molecule has 5 heteroatoms. The van der Waals surface area contributed by atoms with E-state index in [9.17, 15) is 14.9 Å². The van der Waals surface area contributed by atoms with Gasteiger partial charge in [0.15, 0.2) is 6.29 Å². The van der Waals surface area contributed by atoms with Crippen LogP contribution in [0.3, 0.4) is 0 Å². The molecule has 0 radical (unpaired) electrons. The number of nitro groups is 1. The van der Waals surface area contributed by atoms with Crippen LogP contribution >= 0.6 is 0 Å². The summed E-state index contributed by atoms with van der Waals surface area (Å²) < 4.78 is 0. The second-order valence-corrected chi connectivity index (χ2v) is 8.57. The van der Waals surface area contributed by atoms with E-state index in [2.05, 4.69) is 0 Å². The van der Waals surface area contributed by atoms with Crippen molar-refractivity contribution < 1.29 is 14.8 Å². The van der Waals surface area contributed by atoms with Gasteiger partial charge >= 0.3 is 0 Å². The lowest BCUT2D eigenvalue weighted by Gasteiger charge is -2.04. The van der Waals surface area contributed by atoms with Crippen LogP contribution in [0.25, 0.3) is 0 Å². The van der Waals surface area contributed by atoms with Gasteiger partial charge in [0.25, 0.3) is 6.04 Å². The van der Waals surface area contributed by atoms with Gasteiger partial charge < -0.3 is 5.11 Å². The minimum absolute atomic E-state index is 0.347. The van der Waals surface area contributed by atoms with Gasteiger partial charge in [0, 0.05) is 18.0 Å². The van der Waals surface area contributed by atoms with Crippen LogP contribution < -0.4 is 0 Å². The fraction of sp³-hybridized carbons (Fsp3) is 0.958. The zero-order chi connectivity index (χ0) is 21.4. The molecular weight excluding hydrogens is 366 g/mol. The summed E-state index contributed by atoms with van der Waals surface area (Å²) in [6, 6.07) is -0.997. The first-order valence-electron chi connectivity index (χ1n) is 12.4. The number of hydrogen-bond acceptors (Lipinski definition) is 4. The fourth-order valence-electron chi connectivity index (χ4n) is 3.87. The van der Waals surface area contributed by atoms with Gasteiger partial charge in [-0.15, -0.1) is 0 Å². The van der Waals surface area contributed by atoms with E-state index in [0.29, 0.717) is 19.3 Å². The topological polar surface area (TPSA) is 80.4 Å². The second-order valence-electron chi connectivity index (χ2n) is 8.57. The van der Waals surface area contributed by atoms with Crippen molar-refractivity contribution >= 4 is 6.29 Å². The Morgan fingerprint density at radius 2 is 0.862 bits per heavy atom. The number of aliphatic hydroxyl groups excluding tert-OH is 1. The summed E-state index contributed by atoms with van der Waals surface area (Å²) in [5, 5.41) is 19.3. The Morgan fingerprint density at radius 3 is 1.10 bits per heavy atom. The van der Waals surface area contributed by atoms with E-state index in [1.165, 1.54) is 103 Å². The van der Waals surface area contributed by atoms with Crippen LogP contribution in [0.4, 0.5) is 0 Å². The summed E-state index contributed by atoms with van der Waals surface area (Å²) >= 11 is 0. The zero-order valence-electron chi connectivity index (χ0n) is 18.8. The smallest absolute Gasteiger partial charge is 0.267 e. The molecule has 0 aliphatic carbocycles. The number of aldehydes is 1. The summed E-state index contributed by atoms with van der Waals surface area (Å²) in [4.78, 5) is 20.6. The van der Waals surface area contributed by atoms with Crippen molar-refractivity contribution in [1.82, 2.24) is 0 Å². The summed E-state index contributed by atoms with van der Waals surface area (Å²) in [5.74, 6) is 0. The SMILES string of the molecule is O=CC(CCCCCCCCCCCCCCCCCCCCCCO)[N+](=O)[O-]. The van der Waals surface area contributed by atoms with E-state index in [1.54, 1.807) is 0 Å². The first kappa shape index (κ1) is 28.0. The van der Waals surface area contributed by atoms with Gasteiger partial charge in [-0.05, 0) is 12.8 Å². The highest BCUT2D eigenvalue weighted by Crippen LogP contribution is 2.15. The molecule has 0 saturated carbocycles. The highest BCUT2D eigenvalue weighted by Gasteiger charge is 2.17. The van der Waals surface area contributed by atoms with Crippen molar-refractivity contribution in [2.24, 2.45) is 0 Å². The predicted molar refractivity (Wildman–Crippen MR) is 121 cm³/mol. The van der Waals surface area contributed by atoms with E-state index in [1.807, 2.05) is 0 Å². The fourth-order valence-corrected chi connectivity index (χ4v) is 3.87. The van der Waals surface area contributed by atoms with Gasteiger partial charge in [-0.1, -0.05) is 116 Å². The molecule has 0 aromatic carbocycles. The van der Waals surface area contributed by atoms with Crippen molar-refractivity contribution in [3.8, 4) is 0 Å². The van der Waals surface area contributed by atoms with E-state index in [0.717, 1.165) is 25.7 Å². The third-order valence-corrected chi connectivity index (χ3v) is 5.84. The lowest BCUT2D eigenvalue weighted by molar-refractivity contribution is -0.506. The minimum Gasteiger partial charge on any atom is -0.396 e. The molecule has 0 aromatic heterocycles. The van der Waals surface area contributed by atoms with Crippen molar-refractivity contribution in [2.75, 3.05) is 6.61 Å². The number of aliphatic hydroxyl groups is 1. The number of unbranched alkanes of at least 4 members (excludes halogenated alkanes) is 19. The van der Waals surface area contributed by atoms with Crippen LogP contribution in [-0.4, -0.2) is 29.0 Å². The molecule has 0 bridgehead atoms. The van der Waals surface area contributed by atoms with Crippen LogP contribution in [0.15, 0.2) is 0 Å². The van der Waals surface area contributed by atoms with E-state index >= 15 is 0 Å². The standard InChI is InChI=1S/C24H47NO4/c26-22-20-18-16-14-12-10-8-6-4-2-1-3-5-7-9-11-13-15-17-19-21-24(23-27)25(28)29/h23-24,26H,1-22H2. The highest BCUT2D eigenvalue weighted by molar-refractivity contribution is 5.55.